The zero-order valence-electron chi connectivity index (χ0n) is 11.2. The van der Waals surface area contributed by atoms with Gasteiger partial charge in [0.15, 0.2) is 11.0 Å². The minimum absolute atomic E-state index is 0.00386. The Morgan fingerprint density at radius 1 is 1.23 bits per heavy atom. The van der Waals surface area contributed by atoms with E-state index in [4.69, 9.17) is 23.2 Å². The van der Waals surface area contributed by atoms with Gasteiger partial charge in [-0.2, -0.15) is 4.98 Å². The van der Waals surface area contributed by atoms with Crippen LogP contribution in [0.5, 0.6) is 0 Å². The van der Waals surface area contributed by atoms with Crippen LogP contribution in [0.3, 0.4) is 0 Å². The maximum atomic E-state index is 14.1. The van der Waals surface area contributed by atoms with E-state index in [2.05, 4.69) is 15.0 Å². The molecule has 4 nitrogen and oxygen atoms in total. The third-order valence-electron chi connectivity index (χ3n) is 4.14. The molecule has 1 aliphatic heterocycles. The molecule has 0 bridgehead atoms. The maximum Gasteiger partial charge on any atom is 0.225 e. The van der Waals surface area contributed by atoms with Crippen LogP contribution in [0.2, 0.25) is 10.4 Å². The molecular formula is C14H10Cl2F2N4. The van der Waals surface area contributed by atoms with Gasteiger partial charge < -0.3 is 4.90 Å². The molecule has 4 rings (SSSR count). The Morgan fingerprint density at radius 2 is 2.05 bits per heavy atom. The lowest BCUT2D eigenvalue weighted by Crippen LogP contribution is -2.29. The van der Waals surface area contributed by atoms with Crippen molar-refractivity contribution in [3.63, 3.8) is 0 Å². The van der Waals surface area contributed by atoms with Gasteiger partial charge in [-0.15, -0.1) is 0 Å². The highest BCUT2D eigenvalue weighted by Gasteiger charge is 2.55. The third-order valence-corrected chi connectivity index (χ3v) is 4.57. The second kappa shape index (κ2) is 4.99. The van der Waals surface area contributed by atoms with Gasteiger partial charge in [0, 0.05) is 18.7 Å². The second-order valence-electron chi connectivity index (χ2n) is 5.40. The highest BCUT2D eigenvalue weighted by molar-refractivity contribution is 6.30. The number of fused-ring (bicyclic) bond motifs is 2. The van der Waals surface area contributed by atoms with E-state index in [9.17, 15) is 8.78 Å². The summed E-state index contributed by atoms with van der Waals surface area (Å²) in [5.74, 6) is -0.424. The van der Waals surface area contributed by atoms with Gasteiger partial charge in [-0.05, 0) is 18.0 Å². The Morgan fingerprint density at radius 3 is 2.86 bits per heavy atom. The molecule has 0 radical (unpaired) electrons. The highest BCUT2D eigenvalue weighted by Crippen LogP contribution is 2.46. The van der Waals surface area contributed by atoms with Gasteiger partial charge in [0.2, 0.25) is 5.28 Å². The number of pyridine rings is 1. The minimum Gasteiger partial charge on any atom is -0.346 e. The lowest BCUT2D eigenvalue weighted by atomic mass is 10.2. The summed E-state index contributed by atoms with van der Waals surface area (Å²) in [5.41, 5.74) is -0.00386. The molecule has 22 heavy (non-hydrogen) atoms. The highest BCUT2D eigenvalue weighted by atomic mass is 35.5. The van der Waals surface area contributed by atoms with Crippen molar-refractivity contribution in [3.8, 4) is 0 Å². The molecule has 1 aliphatic carbocycles. The Balaban J connectivity index is 1.91. The molecule has 0 saturated heterocycles. The first kappa shape index (κ1) is 14.1. The first-order valence-electron chi connectivity index (χ1n) is 6.81. The average Bonchev–Trinajstić information content (AvgIpc) is 3.18. The summed E-state index contributed by atoms with van der Waals surface area (Å²) in [6, 6.07) is -0.275. The molecule has 3 atom stereocenters. The monoisotopic (exact) mass is 342 g/mol. The summed E-state index contributed by atoms with van der Waals surface area (Å²) in [4.78, 5) is 13.7. The van der Waals surface area contributed by atoms with Crippen molar-refractivity contribution in [3.05, 3.63) is 34.6 Å². The number of hydrogen-bond donors (Lipinski definition) is 0. The first-order chi connectivity index (χ1) is 10.6. The maximum absolute atomic E-state index is 14.1. The van der Waals surface area contributed by atoms with Crippen LogP contribution < -0.4 is 4.90 Å². The molecule has 114 valence electrons. The van der Waals surface area contributed by atoms with Crippen molar-refractivity contribution >= 4 is 39.9 Å². The van der Waals surface area contributed by atoms with Gasteiger partial charge in [0.25, 0.3) is 0 Å². The first-order valence-corrected chi connectivity index (χ1v) is 7.56. The van der Waals surface area contributed by atoms with Crippen LogP contribution in [-0.4, -0.2) is 33.7 Å². The summed E-state index contributed by atoms with van der Waals surface area (Å²) >= 11 is 11.6. The summed E-state index contributed by atoms with van der Waals surface area (Å²) < 4.78 is 28.1. The van der Waals surface area contributed by atoms with E-state index in [1.807, 2.05) is 12.2 Å². The normalized spacial score (nSPS) is 26.9. The predicted octanol–water partition coefficient (Wildman–Crippen LogP) is 3.57. The van der Waals surface area contributed by atoms with Crippen molar-refractivity contribution in [1.82, 2.24) is 15.0 Å². The van der Waals surface area contributed by atoms with Crippen LogP contribution >= 0.6 is 23.2 Å². The number of hydrogen-bond acceptors (Lipinski definition) is 4. The summed E-state index contributed by atoms with van der Waals surface area (Å²) in [6.45, 7) is 0.480. The molecular weight excluding hydrogens is 333 g/mol. The van der Waals surface area contributed by atoms with Gasteiger partial charge in [-0.1, -0.05) is 23.8 Å². The van der Waals surface area contributed by atoms with Crippen molar-refractivity contribution < 1.29 is 8.78 Å². The van der Waals surface area contributed by atoms with Crippen LogP contribution in [-0.2, 0) is 0 Å². The Labute approximate surface area is 134 Å². The standard InChI is InChI=1S/C14H10Cl2F2N4/c15-12-9(18)10-7(5-19-12)13(21-14(16)20-10)22-4-2-1-3-6-8(17)11(6)22/h1-2,5-6,8,11H,3-4H2/t6-,8-,11-/m0/s1. The fourth-order valence-electron chi connectivity index (χ4n) is 2.99. The van der Waals surface area contributed by atoms with E-state index >= 15 is 0 Å². The number of rotatable bonds is 1. The number of nitrogens with zero attached hydrogens (tertiary/aromatic N) is 4. The average molecular weight is 343 g/mol. The third kappa shape index (κ3) is 2.05. The summed E-state index contributed by atoms with van der Waals surface area (Å²) in [5, 5.41) is -0.0133. The van der Waals surface area contributed by atoms with E-state index in [0.717, 1.165) is 0 Å². The lowest BCUT2D eigenvalue weighted by Gasteiger charge is -2.23. The SMILES string of the molecule is Fc1c(Cl)ncc2c(N3CC=CC[C@H]4[C@H](F)[C@H]43)nc(Cl)nc12. The van der Waals surface area contributed by atoms with E-state index in [1.54, 1.807) is 4.90 Å². The zero-order valence-corrected chi connectivity index (χ0v) is 12.7. The number of alkyl halides is 1. The van der Waals surface area contributed by atoms with Crippen LogP contribution in [0.25, 0.3) is 10.9 Å². The predicted molar refractivity (Wildman–Crippen MR) is 80.6 cm³/mol. The van der Waals surface area contributed by atoms with Gasteiger partial charge in [-0.25, -0.2) is 18.7 Å². The molecule has 8 heteroatoms. The van der Waals surface area contributed by atoms with Crippen LogP contribution in [0.15, 0.2) is 18.3 Å². The smallest absolute Gasteiger partial charge is 0.225 e. The largest absolute Gasteiger partial charge is 0.346 e. The van der Waals surface area contributed by atoms with Gasteiger partial charge in [0.05, 0.1) is 11.4 Å². The Hall–Kier alpha value is -1.53. The minimum atomic E-state index is -0.918. The fraction of sp³-hybridized carbons (Fsp3) is 0.357. The topological polar surface area (TPSA) is 41.9 Å². The molecule has 0 spiro atoms. The molecule has 1 fully saturated rings. The number of allylic oxidation sites excluding steroid dienone is 1. The molecule has 0 aromatic carbocycles. The van der Waals surface area contributed by atoms with Crippen molar-refractivity contribution in [2.24, 2.45) is 5.92 Å². The molecule has 2 aromatic rings. The van der Waals surface area contributed by atoms with Crippen molar-refractivity contribution in [2.45, 2.75) is 18.6 Å². The molecule has 1 saturated carbocycles. The molecule has 0 amide bonds. The summed E-state index contributed by atoms with van der Waals surface area (Å²) in [6.07, 6.45) is 5.07. The molecule has 2 aliphatic rings. The van der Waals surface area contributed by atoms with Crippen molar-refractivity contribution in [2.75, 3.05) is 11.4 Å². The van der Waals surface area contributed by atoms with Crippen LogP contribution in [0.1, 0.15) is 6.42 Å². The van der Waals surface area contributed by atoms with Crippen LogP contribution in [0.4, 0.5) is 14.6 Å². The van der Waals surface area contributed by atoms with E-state index < -0.39 is 12.0 Å². The fourth-order valence-corrected chi connectivity index (χ4v) is 3.29. The van der Waals surface area contributed by atoms with E-state index in [1.165, 1.54) is 6.20 Å². The van der Waals surface area contributed by atoms with Gasteiger partial charge in [-0.3, -0.25) is 0 Å². The lowest BCUT2D eigenvalue weighted by molar-refractivity contribution is 0.438. The van der Waals surface area contributed by atoms with E-state index in [0.29, 0.717) is 24.2 Å². The molecule has 0 unspecified atom stereocenters. The molecule has 0 N–H and O–H groups in total. The number of anilines is 1. The second-order valence-corrected chi connectivity index (χ2v) is 6.10. The van der Waals surface area contributed by atoms with Crippen LogP contribution in [0, 0.1) is 11.7 Å². The Kier molecular flexibility index (Phi) is 3.20. The quantitative estimate of drug-likeness (QED) is 0.451. The number of aromatic nitrogens is 3. The van der Waals surface area contributed by atoms with E-state index in [-0.39, 0.29) is 27.9 Å². The number of halogens is 4. The Bertz CT molecular complexity index is 798. The summed E-state index contributed by atoms with van der Waals surface area (Å²) in [7, 11) is 0. The molecule has 3 heterocycles. The van der Waals surface area contributed by atoms with Gasteiger partial charge >= 0.3 is 0 Å². The van der Waals surface area contributed by atoms with Crippen molar-refractivity contribution in [1.29, 1.82) is 0 Å². The van der Waals surface area contributed by atoms with Gasteiger partial charge in [0.1, 0.15) is 17.5 Å². The molecule has 2 aromatic heterocycles. The zero-order chi connectivity index (χ0) is 15.4.